The van der Waals surface area contributed by atoms with Gasteiger partial charge in [0.2, 0.25) is 0 Å². The second kappa shape index (κ2) is 7.41. The van der Waals surface area contributed by atoms with Crippen molar-refractivity contribution in [2.75, 3.05) is 13.1 Å². The Morgan fingerprint density at radius 3 is 2.84 bits per heavy atom. The first-order chi connectivity index (χ1) is 12.3. The summed E-state index contributed by atoms with van der Waals surface area (Å²) in [5, 5.41) is 0. The van der Waals surface area contributed by atoms with E-state index in [9.17, 15) is 0 Å². The molecule has 0 amide bonds. The molecule has 1 aliphatic rings. The summed E-state index contributed by atoms with van der Waals surface area (Å²) in [5.74, 6) is 1.46. The Morgan fingerprint density at radius 1 is 1.24 bits per heavy atom. The highest BCUT2D eigenvalue weighted by Gasteiger charge is 2.21. The summed E-state index contributed by atoms with van der Waals surface area (Å²) in [6.45, 7) is 5.43. The van der Waals surface area contributed by atoms with Gasteiger partial charge in [0, 0.05) is 30.0 Å². The lowest BCUT2D eigenvalue weighted by molar-refractivity contribution is 0.177. The second-order valence-corrected chi connectivity index (χ2v) is 7.56. The van der Waals surface area contributed by atoms with Crippen molar-refractivity contribution in [1.29, 1.82) is 0 Å². The third kappa shape index (κ3) is 3.93. The Bertz CT molecular complexity index is 805. The number of H-pyrrole nitrogens is 1. The van der Waals surface area contributed by atoms with Crippen molar-refractivity contribution >= 4 is 11.3 Å². The maximum Gasteiger partial charge on any atom is 0.157 e. The number of aryl methyl sites for hydroxylation is 1. The fourth-order valence-electron chi connectivity index (χ4n) is 3.35. The molecule has 0 bridgehead atoms. The lowest BCUT2D eigenvalue weighted by Gasteiger charge is -2.31. The number of thiazole rings is 1. The van der Waals surface area contributed by atoms with Gasteiger partial charge in [0.05, 0.1) is 23.1 Å². The zero-order chi connectivity index (χ0) is 17.1. The maximum atomic E-state index is 4.72. The molecule has 1 aliphatic heterocycles. The van der Waals surface area contributed by atoms with E-state index in [4.69, 9.17) is 4.98 Å². The maximum absolute atomic E-state index is 4.72. The monoisotopic (exact) mass is 354 g/mol. The summed E-state index contributed by atoms with van der Waals surface area (Å²) < 4.78 is 0. The molecule has 6 nitrogen and oxygen atoms in total. The molecule has 0 saturated carbocycles. The zero-order valence-corrected chi connectivity index (χ0v) is 15.2. The molecule has 25 heavy (non-hydrogen) atoms. The standard InChI is InChI=1S/C18H22N6S/c1-13-17(25-12-22-13)11-24-6-2-14(3-7-24)8-15-9-19-10-16(23-15)18-20-4-5-21-18/h4-5,9-10,12,14H,2-3,6-8,11H2,1H3,(H,20,21). The first kappa shape index (κ1) is 16.4. The molecule has 0 aromatic carbocycles. The van der Waals surface area contributed by atoms with Crippen LogP contribution < -0.4 is 0 Å². The third-order valence-corrected chi connectivity index (χ3v) is 5.76. The quantitative estimate of drug-likeness (QED) is 0.762. The van der Waals surface area contributed by atoms with Crippen molar-refractivity contribution in [3.8, 4) is 11.5 Å². The predicted octanol–water partition coefficient (Wildman–Crippen LogP) is 3.09. The summed E-state index contributed by atoms with van der Waals surface area (Å²) >= 11 is 1.77. The van der Waals surface area contributed by atoms with Gasteiger partial charge in [-0.25, -0.2) is 15.0 Å². The van der Waals surface area contributed by atoms with E-state index in [2.05, 4.69) is 31.8 Å². The topological polar surface area (TPSA) is 70.6 Å². The molecule has 4 heterocycles. The van der Waals surface area contributed by atoms with Gasteiger partial charge in [-0.1, -0.05) is 0 Å². The van der Waals surface area contributed by atoms with Crippen LogP contribution in [0.5, 0.6) is 0 Å². The van der Waals surface area contributed by atoms with Gasteiger partial charge in [0.15, 0.2) is 5.82 Å². The number of nitrogens with zero attached hydrogens (tertiary/aromatic N) is 5. The number of aromatic nitrogens is 5. The largest absolute Gasteiger partial charge is 0.343 e. The summed E-state index contributed by atoms with van der Waals surface area (Å²) in [6, 6.07) is 0. The van der Waals surface area contributed by atoms with Gasteiger partial charge in [0.1, 0.15) is 5.69 Å². The number of rotatable bonds is 5. The van der Waals surface area contributed by atoms with Gasteiger partial charge in [-0.05, 0) is 45.2 Å². The van der Waals surface area contributed by atoms with Crippen LogP contribution in [0.25, 0.3) is 11.5 Å². The highest BCUT2D eigenvalue weighted by atomic mass is 32.1. The average molecular weight is 354 g/mol. The van der Waals surface area contributed by atoms with Crippen molar-refractivity contribution in [2.45, 2.75) is 32.7 Å². The molecule has 130 valence electrons. The zero-order valence-electron chi connectivity index (χ0n) is 14.4. The molecule has 0 radical (unpaired) electrons. The number of aromatic amines is 1. The van der Waals surface area contributed by atoms with Crippen molar-refractivity contribution in [3.05, 3.63) is 46.6 Å². The number of nitrogens with one attached hydrogen (secondary N) is 1. The van der Waals surface area contributed by atoms with Crippen molar-refractivity contribution < 1.29 is 0 Å². The van der Waals surface area contributed by atoms with E-state index in [1.54, 1.807) is 23.7 Å². The molecule has 0 spiro atoms. The second-order valence-electron chi connectivity index (χ2n) is 6.62. The van der Waals surface area contributed by atoms with Crippen LogP contribution in [0.4, 0.5) is 0 Å². The summed E-state index contributed by atoms with van der Waals surface area (Å²) in [7, 11) is 0. The fourth-order valence-corrected chi connectivity index (χ4v) is 4.17. The predicted molar refractivity (Wildman–Crippen MR) is 98.2 cm³/mol. The molecule has 4 rings (SSSR count). The minimum Gasteiger partial charge on any atom is -0.343 e. The van der Waals surface area contributed by atoms with E-state index in [1.165, 1.54) is 23.4 Å². The highest BCUT2D eigenvalue weighted by Crippen LogP contribution is 2.24. The molecule has 3 aromatic heterocycles. The molecule has 1 fully saturated rings. The van der Waals surface area contributed by atoms with E-state index in [1.807, 2.05) is 17.9 Å². The van der Waals surface area contributed by atoms with E-state index in [0.717, 1.165) is 43.3 Å². The minimum absolute atomic E-state index is 0.681. The normalized spacial score (nSPS) is 16.4. The van der Waals surface area contributed by atoms with Gasteiger partial charge >= 0.3 is 0 Å². The van der Waals surface area contributed by atoms with Crippen molar-refractivity contribution in [1.82, 2.24) is 29.8 Å². The van der Waals surface area contributed by atoms with Gasteiger partial charge in [0.25, 0.3) is 0 Å². The number of likely N-dealkylation sites (tertiary alicyclic amines) is 1. The number of imidazole rings is 1. The van der Waals surface area contributed by atoms with Gasteiger partial charge < -0.3 is 4.98 Å². The van der Waals surface area contributed by atoms with Crippen LogP contribution in [0.1, 0.15) is 29.1 Å². The molecule has 7 heteroatoms. The van der Waals surface area contributed by atoms with E-state index >= 15 is 0 Å². The molecular formula is C18H22N6S. The SMILES string of the molecule is Cc1ncsc1CN1CCC(Cc2cncc(-c3ncc[nH]3)n2)CC1. The molecule has 1 saturated heterocycles. The molecule has 0 unspecified atom stereocenters. The first-order valence-corrected chi connectivity index (χ1v) is 9.58. The lowest BCUT2D eigenvalue weighted by atomic mass is 9.92. The van der Waals surface area contributed by atoms with Crippen molar-refractivity contribution in [2.24, 2.45) is 5.92 Å². The van der Waals surface area contributed by atoms with Crippen LogP contribution in [-0.2, 0) is 13.0 Å². The van der Waals surface area contributed by atoms with Crippen LogP contribution in [-0.4, -0.2) is 42.9 Å². The third-order valence-electron chi connectivity index (χ3n) is 4.84. The summed E-state index contributed by atoms with van der Waals surface area (Å²) in [4.78, 5) is 24.7. The van der Waals surface area contributed by atoms with Gasteiger partial charge in [-0.3, -0.25) is 9.88 Å². The fraction of sp³-hybridized carbons (Fsp3) is 0.444. The molecule has 1 N–H and O–H groups in total. The first-order valence-electron chi connectivity index (χ1n) is 8.70. The Balaban J connectivity index is 1.33. The van der Waals surface area contributed by atoms with Crippen molar-refractivity contribution in [3.63, 3.8) is 0 Å². The smallest absolute Gasteiger partial charge is 0.157 e. The Kier molecular flexibility index (Phi) is 4.85. The average Bonchev–Trinajstić information content (AvgIpc) is 3.30. The summed E-state index contributed by atoms with van der Waals surface area (Å²) in [6.07, 6.45) is 10.6. The van der Waals surface area contributed by atoms with E-state index in [-0.39, 0.29) is 0 Å². The van der Waals surface area contributed by atoms with Crippen LogP contribution in [0.2, 0.25) is 0 Å². The van der Waals surface area contributed by atoms with E-state index in [0.29, 0.717) is 5.92 Å². The van der Waals surface area contributed by atoms with Crippen LogP contribution >= 0.6 is 11.3 Å². The van der Waals surface area contributed by atoms with Crippen LogP contribution in [0.15, 0.2) is 30.3 Å². The van der Waals surface area contributed by atoms with Gasteiger partial charge in [-0.15, -0.1) is 11.3 Å². The Hall–Kier alpha value is -2.12. The highest BCUT2D eigenvalue weighted by molar-refractivity contribution is 7.09. The molecule has 0 aliphatic carbocycles. The lowest BCUT2D eigenvalue weighted by Crippen LogP contribution is -2.33. The van der Waals surface area contributed by atoms with E-state index < -0.39 is 0 Å². The Labute approximate surface area is 151 Å². The molecule has 3 aromatic rings. The van der Waals surface area contributed by atoms with Crippen LogP contribution in [0.3, 0.4) is 0 Å². The minimum atomic E-state index is 0.681. The number of hydrogen-bond donors (Lipinski definition) is 1. The number of hydrogen-bond acceptors (Lipinski definition) is 6. The number of piperidine rings is 1. The Morgan fingerprint density at radius 2 is 2.12 bits per heavy atom. The summed E-state index contributed by atoms with van der Waals surface area (Å²) in [5.41, 5.74) is 5.01. The van der Waals surface area contributed by atoms with Gasteiger partial charge in [-0.2, -0.15) is 0 Å². The molecule has 0 atom stereocenters. The van der Waals surface area contributed by atoms with Crippen LogP contribution in [0, 0.1) is 12.8 Å². The molecular weight excluding hydrogens is 332 g/mol.